The Bertz CT molecular complexity index is 1140. The molecule has 2 saturated heterocycles. The first kappa shape index (κ1) is 24.4. The zero-order chi connectivity index (χ0) is 25.2. The van der Waals surface area contributed by atoms with Crippen molar-refractivity contribution in [2.45, 2.75) is 38.6 Å². The van der Waals surface area contributed by atoms with Crippen LogP contribution in [0.25, 0.3) is 0 Å². The summed E-state index contributed by atoms with van der Waals surface area (Å²) in [7, 11) is 4.18. The molecule has 2 fully saturated rings. The molecule has 0 aliphatic carbocycles. The van der Waals surface area contributed by atoms with Gasteiger partial charge >= 0.3 is 0 Å². The van der Waals surface area contributed by atoms with E-state index in [0.717, 1.165) is 43.9 Å². The smallest absolute Gasteiger partial charge is 0.255 e. The van der Waals surface area contributed by atoms with Gasteiger partial charge in [-0.2, -0.15) is 0 Å². The van der Waals surface area contributed by atoms with Crippen molar-refractivity contribution in [2.75, 3.05) is 40.3 Å². The van der Waals surface area contributed by atoms with Crippen molar-refractivity contribution in [3.8, 4) is 5.75 Å². The highest BCUT2D eigenvalue weighted by Crippen LogP contribution is 2.34. The number of fused-ring (bicyclic) bond motifs is 1. The Morgan fingerprint density at radius 1 is 0.972 bits per heavy atom. The molecule has 5 rings (SSSR count). The molecule has 0 aromatic heterocycles. The van der Waals surface area contributed by atoms with E-state index >= 15 is 0 Å². The Morgan fingerprint density at radius 3 is 2.39 bits per heavy atom. The Morgan fingerprint density at radius 2 is 1.69 bits per heavy atom. The summed E-state index contributed by atoms with van der Waals surface area (Å²) >= 11 is 0. The quantitative estimate of drug-likeness (QED) is 0.589. The van der Waals surface area contributed by atoms with Gasteiger partial charge in [0.2, 0.25) is 11.8 Å². The van der Waals surface area contributed by atoms with E-state index in [-0.39, 0.29) is 18.2 Å². The van der Waals surface area contributed by atoms with Crippen LogP contribution in [0.2, 0.25) is 0 Å². The lowest BCUT2D eigenvalue weighted by Crippen LogP contribution is -2.52. The molecule has 0 saturated carbocycles. The van der Waals surface area contributed by atoms with E-state index in [1.54, 1.807) is 17.0 Å². The molecule has 0 radical (unpaired) electrons. The van der Waals surface area contributed by atoms with Gasteiger partial charge in [-0.3, -0.25) is 24.6 Å². The first-order valence-electron chi connectivity index (χ1n) is 12.5. The van der Waals surface area contributed by atoms with Gasteiger partial charge in [-0.1, -0.05) is 30.3 Å². The van der Waals surface area contributed by atoms with Crippen molar-refractivity contribution in [3.63, 3.8) is 0 Å². The number of amides is 3. The highest BCUT2D eigenvalue weighted by molar-refractivity contribution is 6.05. The molecule has 36 heavy (non-hydrogen) atoms. The number of nitrogens with zero attached hydrogens (tertiary/aromatic N) is 4. The van der Waals surface area contributed by atoms with E-state index in [1.807, 2.05) is 6.07 Å². The third-order valence-electron chi connectivity index (χ3n) is 7.28. The van der Waals surface area contributed by atoms with Crippen LogP contribution in [0.4, 0.5) is 0 Å². The van der Waals surface area contributed by atoms with E-state index in [0.29, 0.717) is 30.9 Å². The minimum Gasteiger partial charge on any atom is -0.489 e. The second kappa shape index (κ2) is 10.4. The molecule has 3 aliphatic heterocycles. The summed E-state index contributed by atoms with van der Waals surface area (Å²) in [6.45, 7) is 5.83. The second-order valence-corrected chi connectivity index (χ2v) is 9.86. The van der Waals surface area contributed by atoms with Gasteiger partial charge in [0.25, 0.3) is 5.91 Å². The molecule has 0 spiro atoms. The maximum Gasteiger partial charge on any atom is 0.255 e. The largest absolute Gasteiger partial charge is 0.489 e. The van der Waals surface area contributed by atoms with Crippen molar-refractivity contribution in [1.82, 2.24) is 25.1 Å². The summed E-state index contributed by atoms with van der Waals surface area (Å²) in [5.74, 6) is -0.240. The summed E-state index contributed by atoms with van der Waals surface area (Å²) in [6.07, 6.45) is 0.584. The van der Waals surface area contributed by atoms with E-state index in [4.69, 9.17) is 4.74 Å². The summed E-state index contributed by atoms with van der Waals surface area (Å²) < 4.78 is 6.13. The number of rotatable bonds is 7. The van der Waals surface area contributed by atoms with Crippen molar-refractivity contribution in [1.29, 1.82) is 0 Å². The van der Waals surface area contributed by atoms with E-state index in [1.165, 1.54) is 5.56 Å². The number of piperazine rings is 1. The highest BCUT2D eigenvalue weighted by Gasteiger charge is 2.40. The number of benzene rings is 2. The lowest BCUT2D eigenvalue weighted by atomic mass is 10.0. The first-order valence-corrected chi connectivity index (χ1v) is 12.5. The molecule has 1 unspecified atom stereocenters. The summed E-state index contributed by atoms with van der Waals surface area (Å²) in [5, 5.41) is 6.86. The van der Waals surface area contributed by atoms with Crippen LogP contribution in [-0.2, 0) is 29.3 Å². The average Bonchev–Trinajstić information content (AvgIpc) is 3.21. The fraction of sp³-hybridized carbons (Fsp3) is 0.444. The molecular weight excluding hydrogens is 458 g/mol. The highest BCUT2D eigenvalue weighted by atomic mass is 16.5. The molecule has 190 valence electrons. The number of carbonyl (C=O) groups is 3. The molecular formula is C27H33N5O4. The predicted molar refractivity (Wildman–Crippen MR) is 134 cm³/mol. The molecule has 3 aliphatic rings. The summed E-state index contributed by atoms with van der Waals surface area (Å²) in [6, 6.07) is 13.3. The van der Waals surface area contributed by atoms with Crippen molar-refractivity contribution >= 4 is 17.7 Å². The van der Waals surface area contributed by atoms with Crippen LogP contribution >= 0.6 is 0 Å². The van der Waals surface area contributed by atoms with Gasteiger partial charge in [0, 0.05) is 64.4 Å². The van der Waals surface area contributed by atoms with Crippen LogP contribution in [0.3, 0.4) is 0 Å². The third-order valence-corrected chi connectivity index (χ3v) is 7.28. The van der Waals surface area contributed by atoms with Crippen molar-refractivity contribution < 1.29 is 19.1 Å². The Kier molecular flexibility index (Phi) is 7.04. The van der Waals surface area contributed by atoms with Gasteiger partial charge in [0.1, 0.15) is 18.4 Å². The van der Waals surface area contributed by atoms with Gasteiger partial charge in [-0.25, -0.2) is 10.0 Å². The molecule has 1 atom stereocenters. The van der Waals surface area contributed by atoms with E-state index < -0.39 is 11.9 Å². The Hall–Kier alpha value is -3.27. The number of hydrazine groups is 1. The normalized spacial score (nSPS) is 21.1. The van der Waals surface area contributed by atoms with Crippen molar-refractivity contribution in [3.05, 3.63) is 64.7 Å². The molecule has 9 nitrogen and oxygen atoms in total. The third kappa shape index (κ3) is 5.13. The number of hydrogen-bond acceptors (Lipinski definition) is 7. The van der Waals surface area contributed by atoms with E-state index in [9.17, 15) is 14.4 Å². The lowest BCUT2D eigenvalue weighted by Gasteiger charge is -2.37. The molecule has 2 aromatic carbocycles. The van der Waals surface area contributed by atoms with Gasteiger partial charge in [0.15, 0.2) is 0 Å². The average molecular weight is 492 g/mol. The molecule has 3 heterocycles. The summed E-state index contributed by atoms with van der Waals surface area (Å²) in [4.78, 5) is 40.8. The molecule has 9 heteroatoms. The van der Waals surface area contributed by atoms with Crippen molar-refractivity contribution in [2.24, 2.45) is 0 Å². The predicted octanol–water partition coefficient (Wildman–Crippen LogP) is 1.62. The maximum absolute atomic E-state index is 13.0. The molecule has 2 aromatic rings. The molecule has 0 bridgehead atoms. The Balaban J connectivity index is 1.18. The minimum absolute atomic E-state index is 0.194. The molecule has 3 amide bonds. The number of carbonyl (C=O) groups excluding carboxylic acids is 3. The fourth-order valence-corrected chi connectivity index (χ4v) is 5.15. The van der Waals surface area contributed by atoms with Gasteiger partial charge in [0.05, 0.1) is 6.54 Å². The topological polar surface area (TPSA) is 85.4 Å². The van der Waals surface area contributed by atoms with Gasteiger partial charge < -0.3 is 9.64 Å². The number of imide groups is 1. The summed E-state index contributed by atoms with van der Waals surface area (Å²) in [5.41, 5.74) is 3.69. The van der Waals surface area contributed by atoms with Crippen LogP contribution < -0.4 is 10.1 Å². The van der Waals surface area contributed by atoms with Gasteiger partial charge in [-0.05, 0) is 29.7 Å². The number of hydrogen-bond donors (Lipinski definition) is 1. The second-order valence-electron chi connectivity index (χ2n) is 9.86. The number of nitrogens with one attached hydrogen (secondary N) is 1. The molecule has 1 N–H and O–H groups in total. The first-order chi connectivity index (χ1) is 17.4. The van der Waals surface area contributed by atoms with Gasteiger partial charge in [-0.15, -0.1) is 0 Å². The van der Waals surface area contributed by atoms with Crippen LogP contribution in [-0.4, -0.2) is 83.9 Å². The maximum atomic E-state index is 13.0. The van der Waals surface area contributed by atoms with Crippen LogP contribution in [0.5, 0.6) is 5.75 Å². The number of ether oxygens (including phenoxy) is 1. The zero-order valence-electron chi connectivity index (χ0n) is 20.9. The Labute approximate surface area is 211 Å². The minimum atomic E-state index is -0.631. The lowest BCUT2D eigenvalue weighted by molar-refractivity contribution is -0.136. The zero-order valence-corrected chi connectivity index (χ0v) is 20.9. The SMILES string of the molecule is CN(C)N1CCN(Cc2ccc(COc3cccc4c3CN(C3CCC(=O)NC3=O)C4=O)cc2)CC1. The standard InChI is InChI=1S/C27H33N5O4/c1-29(2)31-14-12-30(13-15-31)16-19-6-8-20(9-7-19)18-36-24-5-3-4-21-22(24)17-32(27(21)35)23-10-11-25(33)28-26(23)34/h3-9,23H,10-18H2,1-2H3,(H,28,33,34). The number of piperidine rings is 1. The monoisotopic (exact) mass is 491 g/mol. The fourth-order valence-electron chi connectivity index (χ4n) is 5.15. The van der Waals surface area contributed by atoms with E-state index in [2.05, 4.69) is 58.6 Å². The van der Waals surface area contributed by atoms with Crippen LogP contribution in [0.1, 0.15) is 39.9 Å². The van der Waals surface area contributed by atoms with Crippen LogP contribution in [0.15, 0.2) is 42.5 Å². The van der Waals surface area contributed by atoms with Crippen LogP contribution in [0, 0.1) is 0 Å².